The van der Waals surface area contributed by atoms with Gasteiger partial charge in [0.25, 0.3) is 11.8 Å². The standard InChI is InChI=1S/C29H25ClF5N5O5/c1-3-45-25-17(26(36)41)10-21(38-24(25)13-7-18(30)22(32)19(31)8-13)28(43,29(33,34)35)12-37-27(42)14-6-15-11-40(16-4-5-16)39-23(15)20(9-14)44-2/h6-11,16,43H,3-5,12H2,1-2H3,(H2,36,41)(H,37,42)/t28-/m0/s1. The summed E-state index contributed by atoms with van der Waals surface area (Å²) in [7, 11) is 1.35. The first-order valence-electron chi connectivity index (χ1n) is 13.5. The number of benzene rings is 2. The normalized spacial score (nSPS) is 14.7. The van der Waals surface area contributed by atoms with E-state index in [1.54, 1.807) is 10.9 Å². The number of hydrogen-bond donors (Lipinski definition) is 3. The molecule has 1 aliphatic rings. The molecule has 4 aromatic rings. The number of rotatable bonds is 10. The number of nitrogens with zero attached hydrogens (tertiary/aromatic N) is 3. The van der Waals surface area contributed by atoms with Crippen LogP contribution < -0.4 is 20.5 Å². The molecule has 1 saturated carbocycles. The second-order valence-corrected chi connectivity index (χ2v) is 10.7. The third kappa shape index (κ3) is 5.96. The molecule has 16 heteroatoms. The molecule has 0 aliphatic heterocycles. The zero-order chi connectivity index (χ0) is 32.8. The van der Waals surface area contributed by atoms with Crippen molar-refractivity contribution in [2.24, 2.45) is 5.73 Å². The number of carbonyl (C=O) groups excluding carboxylic acids is 2. The van der Waals surface area contributed by atoms with Crippen molar-refractivity contribution in [3.8, 4) is 22.8 Å². The Morgan fingerprint density at radius 3 is 2.47 bits per heavy atom. The molecule has 0 radical (unpaired) electrons. The van der Waals surface area contributed by atoms with Gasteiger partial charge in [-0.2, -0.15) is 18.3 Å². The number of ether oxygens (including phenoxy) is 2. The summed E-state index contributed by atoms with van der Waals surface area (Å²) in [6.07, 6.45) is -1.94. The summed E-state index contributed by atoms with van der Waals surface area (Å²) in [6.45, 7) is -0.140. The Bertz CT molecular complexity index is 1800. The van der Waals surface area contributed by atoms with Gasteiger partial charge in [0.05, 0.1) is 42.6 Å². The molecule has 45 heavy (non-hydrogen) atoms. The summed E-state index contributed by atoms with van der Waals surface area (Å²) in [6, 6.07) is 4.89. The minimum atomic E-state index is -5.49. The first-order chi connectivity index (χ1) is 21.2. The highest BCUT2D eigenvalue weighted by Gasteiger charge is 2.57. The summed E-state index contributed by atoms with van der Waals surface area (Å²) in [5.74, 6) is -5.45. The third-order valence-electron chi connectivity index (χ3n) is 7.18. The van der Waals surface area contributed by atoms with E-state index < -0.39 is 69.5 Å². The van der Waals surface area contributed by atoms with Crippen LogP contribution in [0.25, 0.3) is 22.2 Å². The molecule has 1 fully saturated rings. The number of halogens is 6. The molecule has 2 heterocycles. The summed E-state index contributed by atoms with van der Waals surface area (Å²) in [5.41, 5.74) is -0.947. The van der Waals surface area contributed by atoms with Crippen LogP contribution >= 0.6 is 11.6 Å². The highest BCUT2D eigenvalue weighted by Crippen LogP contribution is 2.43. The number of primary amides is 1. The molecule has 0 saturated heterocycles. The highest BCUT2D eigenvalue weighted by molar-refractivity contribution is 6.31. The molecule has 0 spiro atoms. The molecule has 1 atom stereocenters. The molecule has 2 aromatic carbocycles. The van der Waals surface area contributed by atoms with Crippen LogP contribution in [0.15, 0.2) is 36.5 Å². The highest BCUT2D eigenvalue weighted by atomic mass is 35.5. The van der Waals surface area contributed by atoms with E-state index in [1.807, 2.05) is 0 Å². The number of aliphatic hydroxyl groups is 1. The van der Waals surface area contributed by atoms with Crippen molar-refractivity contribution >= 4 is 34.3 Å². The number of amides is 2. The van der Waals surface area contributed by atoms with Gasteiger partial charge in [0.15, 0.2) is 17.4 Å². The molecular formula is C29H25ClF5N5O5. The predicted molar refractivity (Wildman–Crippen MR) is 151 cm³/mol. The zero-order valence-electron chi connectivity index (χ0n) is 23.6. The predicted octanol–water partition coefficient (Wildman–Crippen LogP) is 5.05. The lowest BCUT2D eigenvalue weighted by atomic mass is 9.94. The molecule has 0 unspecified atom stereocenters. The molecule has 2 amide bonds. The van der Waals surface area contributed by atoms with Crippen molar-refractivity contribution in [3.05, 3.63) is 70.0 Å². The molecule has 10 nitrogen and oxygen atoms in total. The maximum Gasteiger partial charge on any atom is 0.424 e. The first-order valence-corrected chi connectivity index (χ1v) is 13.8. The van der Waals surface area contributed by atoms with Crippen molar-refractivity contribution in [2.45, 2.75) is 37.6 Å². The quantitative estimate of drug-likeness (QED) is 0.161. The van der Waals surface area contributed by atoms with E-state index in [0.717, 1.165) is 18.9 Å². The Hall–Kier alpha value is -4.50. The van der Waals surface area contributed by atoms with E-state index in [9.17, 15) is 36.6 Å². The largest absolute Gasteiger partial charge is 0.494 e. The van der Waals surface area contributed by atoms with Gasteiger partial charge in [0, 0.05) is 22.7 Å². The summed E-state index contributed by atoms with van der Waals surface area (Å²) in [4.78, 5) is 29.4. The van der Waals surface area contributed by atoms with Crippen LogP contribution in [0.1, 0.15) is 52.2 Å². The number of alkyl halides is 3. The molecule has 238 valence electrons. The number of aromatic nitrogens is 3. The van der Waals surface area contributed by atoms with Crippen LogP contribution in [0.2, 0.25) is 5.02 Å². The smallest absolute Gasteiger partial charge is 0.424 e. The van der Waals surface area contributed by atoms with E-state index in [-0.39, 0.29) is 29.5 Å². The van der Waals surface area contributed by atoms with E-state index >= 15 is 0 Å². The van der Waals surface area contributed by atoms with Crippen molar-refractivity contribution in [2.75, 3.05) is 20.3 Å². The maximum absolute atomic E-state index is 14.6. The van der Waals surface area contributed by atoms with Gasteiger partial charge in [-0.25, -0.2) is 13.8 Å². The molecular weight excluding hydrogens is 629 g/mol. The van der Waals surface area contributed by atoms with Gasteiger partial charge in [-0.05, 0) is 50.1 Å². The van der Waals surface area contributed by atoms with Gasteiger partial charge >= 0.3 is 6.18 Å². The van der Waals surface area contributed by atoms with Crippen molar-refractivity contribution in [1.82, 2.24) is 20.1 Å². The lowest BCUT2D eigenvalue weighted by molar-refractivity contribution is -0.265. The average Bonchev–Trinajstić information content (AvgIpc) is 3.75. The van der Waals surface area contributed by atoms with E-state index in [4.69, 9.17) is 26.8 Å². The lowest BCUT2D eigenvalue weighted by Gasteiger charge is -2.31. The number of pyridine rings is 1. The van der Waals surface area contributed by atoms with Crippen LogP contribution in [-0.4, -0.2) is 58.1 Å². The van der Waals surface area contributed by atoms with E-state index in [0.29, 0.717) is 23.0 Å². The number of hydrogen-bond acceptors (Lipinski definition) is 7. The van der Waals surface area contributed by atoms with Crippen LogP contribution in [-0.2, 0) is 5.60 Å². The Morgan fingerprint density at radius 2 is 1.89 bits per heavy atom. The number of fused-ring (bicyclic) bond motifs is 1. The zero-order valence-corrected chi connectivity index (χ0v) is 24.4. The van der Waals surface area contributed by atoms with Crippen LogP contribution in [0.5, 0.6) is 11.5 Å². The van der Waals surface area contributed by atoms with Crippen molar-refractivity contribution in [3.63, 3.8) is 0 Å². The van der Waals surface area contributed by atoms with Crippen molar-refractivity contribution < 1.29 is 46.1 Å². The first kappa shape index (κ1) is 31.9. The van der Waals surface area contributed by atoms with Gasteiger partial charge in [0.2, 0.25) is 5.60 Å². The fourth-order valence-electron chi connectivity index (χ4n) is 4.69. The maximum atomic E-state index is 14.6. The Kier molecular flexibility index (Phi) is 8.35. The SMILES string of the molecule is CCOc1c(C(N)=O)cc([C@@](O)(CNC(=O)c2cc(OC)c3nn(C4CC4)cc3c2)C(F)(F)F)nc1-c1cc(F)c(F)c(Cl)c1. The molecule has 1 aliphatic carbocycles. The van der Waals surface area contributed by atoms with Gasteiger partial charge in [-0.15, -0.1) is 0 Å². The van der Waals surface area contributed by atoms with Crippen LogP contribution in [0.3, 0.4) is 0 Å². The lowest BCUT2D eigenvalue weighted by Crippen LogP contribution is -2.51. The third-order valence-corrected chi connectivity index (χ3v) is 7.45. The molecule has 4 N–H and O–H groups in total. The Morgan fingerprint density at radius 1 is 1.18 bits per heavy atom. The number of nitrogens with two attached hydrogens (primary N) is 1. The average molecular weight is 654 g/mol. The van der Waals surface area contributed by atoms with Gasteiger partial charge in [0.1, 0.15) is 17.0 Å². The van der Waals surface area contributed by atoms with Crippen molar-refractivity contribution in [1.29, 1.82) is 0 Å². The monoisotopic (exact) mass is 653 g/mol. The molecule has 5 rings (SSSR count). The van der Waals surface area contributed by atoms with Gasteiger partial charge in [-0.3, -0.25) is 14.3 Å². The summed E-state index contributed by atoms with van der Waals surface area (Å²) in [5, 5.41) is 17.4. The number of nitrogens with one attached hydrogen (secondary N) is 1. The minimum Gasteiger partial charge on any atom is -0.494 e. The van der Waals surface area contributed by atoms with Crippen LogP contribution in [0, 0.1) is 11.6 Å². The fraction of sp³-hybridized carbons (Fsp3) is 0.310. The van der Waals surface area contributed by atoms with Crippen LogP contribution in [0.4, 0.5) is 22.0 Å². The molecule has 2 aromatic heterocycles. The topological polar surface area (TPSA) is 142 Å². The van der Waals surface area contributed by atoms with E-state index in [2.05, 4.69) is 15.4 Å². The summed E-state index contributed by atoms with van der Waals surface area (Å²) < 4.78 is 84.5. The second kappa shape index (κ2) is 11.8. The Labute approximate surface area is 256 Å². The fourth-order valence-corrected chi connectivity index (χ4v) is 4.90. The number of methoxy groups -OCH3 is 1. The molecule has 0 bridgehead atoms. The van der Waals surface area contributed by atoms with E-state index in [1.165, 1.54) is 26.2 Å². The Balaban J connectivity index is 1.57. The summed E-state index contributed by atoms with van der Waals surface area (Å²) >= 11 is 5.76. The van der Waals surface area contributed by atoms with Gasteiger partial charge in [-0.1, -0.05) is 11.6 Å². The second-order valence-electron chi connectivity index (χ2n) is 10.3. The number of carbonyl (C=O) groups is 2. The minimum absolute atomic E-state index is 0.0891. The van der Waals surface area contributed by atoms with Gasteiger partial charge < -0.3 is 25.6 Å².